The highest BCUT2D eigenvalue weighted by atomic mass is 14.7. The summed E-state index contributed by atoms with van der Waals surface area (Å²) in [5, 5.41) is 0. The Morgan fingerprint density at radius 2 is 2.46 bits per heavy atom. The molecule has 0 fully saturated rings. The maximum absolute atomic E-state index is 4.20. The Morgan fingerprint density at radius 1 is 1.62 bits per heavy atom. The Hall–Kier alpha value is -1.44. The van der Waals surface area contributed by atoms with Gasteiger partial charge in [-0.25, -0.2) is 0 Å². The maximum atomic E-state index is 4.20. The molecular weight excluding hydrogens is 160 g/mol. The summed E-state index contributed by atoms with van der Waals surface area (Å²) in [4.78, 5) is 8.26. The number of hydrogen-bond acceptors (Lipinski definition) is 2. The molecule has 0 aliphatic rings. The van der Waals surface area contributed by atoms with E-state index in [9.17, 15) is 0 Å². The van der Waals surface area contributed by atoms with Crippen LogP contribution in [0.25, 0.3) is 5.57 Å². The largest absolute Gasteiger partial charge is 0.293 e. The predicted octanol–water partition coefficient (Wildman–Crippen LogP) is 2.58. The van der Waals surface area contributed by atoms with E-state index in [0.717, 1.165) is 17.7 Å². The van der Waals surface area contributed by atoms with Gasteiger partial charge in [0.2, 0.25) is 0 Å². The summed E-state index contributed by atoms with van der Waals surface area (Å²) in [7, 11) is 0. The van der Waals surface area contributed by atoms with Crippen LogP contribution in [-0.4, -0.2) is 17.7 Å². The van der Waals surface area contributed by atoms with Crippen LogP contribution in [0.1, 0.15) is 19.4 Å². The summed E-state index contributed by atoms with van der Waals surface area (Å²) in [5.41, 5.74) is 2.23. The smallest absolute Gasteiger partial charge is 0.0361 e. The van der Waals surface area contributed by atoms with Crippen molar-refractivity contribution in [3.8, 4) is 0 Å². The van der Waals surface area contributed by atoms with Crippen LogP contribution in [0.5, 0.6) is 0 Å². The fourth-order valence-electron chi connectivity index (χ4n) is 1.04. The fraction of sp³-hybridized carbons (Fsp3) is 0.273. The van der Waals surface area contributed by atoms with Gasteiger partial charge in [0, 0.05) is 30.7 Å². The molecule has 0 N–H and O–H groups in total. The molecule has 0 aliphatic carbocycles. The summed E-state index contributed by atoms with van der Waals surface area (Å²) >= 11 is 0. The van der Waals surface area contributed by atoms with Crippen LogP contribution in [0.2, 0.25) is 0 Å². The molecule has 0 aliphatic heterocycles. The van der Waals surface area contributed by atoms with Gasteiger partial charge in [-0.3, -0.25) is 9.98 Å². The molecule has 0 spiro atoms. The van der Waals surface area contributed by atoms with Crippen LogP contribution >= 0.6 is 0 Å². The second-order valence-electron chi connectivity index (χ2n) is 2.61. The van der Waals surface area contributed by atoms with Crippen molar-refractivity contribution in [1.29, 1.82) is 0 Å². The summed E-state index contributed by atoms with van der Waals surface area (Å²) in [6.07, 6.45) is 7.54. The van der Waals surface area contributed by atoms with Crippen molar-refractivity contribution >= 4 is 11.8 Å². The number of aliphatic imine (C=N–C) groups is 1. The summed E-state index contributed by atoms with van der Waals surface area (Å²) in [6.45, 7) is 4.84. The minimum Gasteiger partial charge on any atom is -0.293 e. The molecule has 68 valence electrons. The molecule has 1 aromatic rings. The van der Waals surface area contributed by atoms with Crippen LogP contribution in [0.4, 0.5) is 0 Å². The molecule has 1 rings (SSSR count). The summed E-state index contributed by atoms with van der Waals surface area (Å²) in [6, 6.07) is 3.96. The van der Waals surface area contributed by atoms with Crippen molar-refractivity contribution < 1.29 is 0 Å². The quantitative estimate of drug-likeness (QED) is 0.646. The molecule has 1 heterocycles. The number of nitrogens with zero attached hydrogens (tertiary/aromatic N) is 2. The molecule has 2 heteroatoms. The molecule has 1 aromatic heterocycles. The standard InChI is InChI=1S/C11H14N2/c1-3-10(8-12-4-2)11-6-5-7-13-9-11/h3,5-9H,4H2,1-2H3/b10-3+,12-8?. The van der Waals surface area contributed by atoms with Crippen LogP contribution in [0.15, 0.2) is 35.6 Å². The molecule has 0 atom stereocenters. The van der Waals surface area contributed by atoms with E-state index in [1.807, 2.05) is 44.5 Å². The third kappa shape index (κ3) is 2.82. The van der Waals surface area contributed by atoms with Gasteiger partial charge in [0.15, 0.2) is 0 Å². The van der Waals surface area contributed by atoms with Crippen molar-refractivity contribution in [3.05, 3.63) is 36.2 Å². The molecule has 0 saturated carbocycles. The summed E-state index contributed by atoms with van der Waals surface area (Å²) < 4.78 is 0. The van der Waals surface area contributed by atoms with Gasteiger partial charge in [0.05, 0.1) is 0 Å². The first-order valence-electron chi connectivity index (χ1n) is 4.45. The van der Waals surface area contributed by atoms with E-state index in [0.29, 0.717) is 0 Å². The Bertz CT molecular complexity index is 299. The lowest BCUT2D eigenvalue weighted by Gasteiger charge is -1.98. The highest BCUT2D eigenvalue weighted by Crippen LogP contribution is 2.09. The van der Waals surface area contributed by atoms with E-state index in [-0.39, 0.29) is 0 Å². The van der Waals surface area contributed by atoms with Gasteiger partial charge in [0.25, 0.3) is 0 Å². The number of rotatable bonds is 3. The molecule has 0 saturated heterocycles. The lowest BCUT2D eigenvalue weighted by Crippen LogP contribution is -1.87. The van der Waals surface area contributed by atoms with Crippen molar-refractivity contribution in [2.24, 2.45) is 4.99 Å². The van der Waals surface area contributed by atoms with Gasteiger partial charge in [0.1, 0.15) is 0 Å². The van der Waals surface area contributed by atoms with Crippen molar-refractivity contribution in [3.63, 3.8) is 0 Å². The number of pyridine rings is 1. The van der Waals surface area contributed by atoms with Gasteiger partial charge >= 0.3 is 0 Å². The number of allylic oxidation sites excluding steroid dienone is 2. The second-order valence-corrected chi connectivity index (χ2v) is 2.61. The number of hydrogen-bond donors (Lipinski definition) is 0. The number of aromatic nitrogens is 1. The topological polar surface area (TPSA) is 25.2 Å². The van der Waals surface area contributed by atoms with E-state index in [1.54, 1.807) is 6.20 Å². The lowest BCUT2D eigenvalue weighted by atomic mass is 10.1. The Labute approximate surface area is 79.0 Å². The molecule has 13 heavy (non-hydrogen) atoms. The molecular formula is C11H14N2. The van der Waals surface area contributed by atoms with Gasteiger partial charge in [-0.2, -0.15) is 0 Å². The molecule has 0 bridgehead atoms. The van der Waals surface area contributed by atoms with Gasteiger partial charge in [-0.05, 0) is 25.5 Å². The van der Waals surface area contributed by atoms with Crippen LogP contribution in [0, 0.1) is 0 Å². The van der Waals surface area contributed by atoms with Crippen molar-refractivity contribution in [1.82, 2.24) is 4.98 Å². The van der Waals surface area contributed by atoms with Gasteiger partial charge in [-0.15, -0.1) is 0 Å². The SMILES string of the molecule is C/C=C(\C=NCC)c1cccnc1. The normalized spacial score (nSPS) is 12.3. The highest BCUT2D eigenvalue weighted by molar-refractivity contribution is 6.09. The fourth-order valence-corrected chi connectivity index (χ4v) is 1.04. The van der Waals surface area contributed by atoms with Crippen LogP contribution in [-0.2, 0) is 0 Å². The zero-order valence-electron chi connectivity index (χ0n) is 8.07. The van der Waals surface area contributed by atoms with E-state index in [1.165, 1.54) is 0 Å². The zero-order valence-corrected chi connectivity index (χ0v) is 8.07. The highest BCUT2D eigenvalue weighted by Gasteiger charge is 1.94. The van der Waals surface area contributed by atoms with Crippen molar-refractivity contribution in [2.75, 3.05) is 6.54 Å². The van der Waals surface area contributed by atoms with Gasteiger partial charge < -0.3 is 0 Å². The average molecular weight is 174 g/mol. The molecule has 0 amide bonds. The van der Waals surface area contributed by atoms with Crippen LogP contribution in [0.3, 0.4) is 0 Å². The zero-order chi connectivity index (χ0) is 9.52. The van der Waals surface area contributed by atoms with E-state index in [4.69, 9.17) is 0 Å². The first kappa shape index (κ1) is 9.65. The minimum absolute atomic E-state index is 0.817. The molecule has 2 nitrogen and oxygen atoms in total. The average Bonchev–Trinajstić information content (AvgIpc) is 2.21. The Balaban J connectivity index is 2.87. The first-order valence-corrected chi connectivity index (χ1v) is 4.45. The van der Waals surface area contributed by atoms with E-state index < -0.39 is 0 Å². The summed E-state index contributed by atoms with van der Waals surface area (Å²) in [5.74, 6) is 0. The third-order valence-corrected chi connectivity index (χ3v) is 1.72. The first-order chi connectivity index (χ1) is 6.38. The van der Waals surface area contributed by atoms with E-state index in [2.05, 4.69) is 9.98 Å². The third-order valence-electron chi connectivity index (χ3n) is 1.72. The maximum Gasteiger partial charge on any atom is 0.0361 e. The molecule has 0 aromatic carbocycles. The lowest BCUT2D eigenvalue weighted by molar-refractivity contribution is 1.14. The van der Waals surface area contributed by atoms with E-state index >= 15 is 0 Å². The molecule has 0 unspecified atom stereocenters. The van der Waals surface area contributed by atoms with Crippen LogP contribution < -0.4 is 0 Å². The Kier molecular flexibility index (Phi) is 3.89. The minimum atomic E-state index is 0.817. The second kappa shape index (κ2) is 5.25. The monoisotopic (exact) mass is 174 g/mol. The van der Waals surface area contributed by atoms with Crippen molar-refractivity contribution in [2.45, 2.75) is 13.8 Å². The molecule has 0 radical (unpaired) electrons. The predicted molar refractivity (Wildman–Crippen MR) is 56.9 cm³/mol. The van der Waals surface area contributed by atoms with Gasteiger partial charge in [-0.1, -0.05) is 12.1 Å². The Morgan fingerprint density at radius 3 is 3.00 bits per heavy atom.